The summed E-state index contributed by atoms with van der Waals surface area (Å²) in [5.74, 6) is 3.96. The van der Waals surface area contributed by atoms with Gasteiger partial charge in [0.2, 0.25) is 0 Å². The van der Waals surface area contributed by atoms with Crippen LogP contribution >= 0.6 is 0 Å². The predicted octanol–water partition coefficient (Wildman–Crippen LogP) is 4.85. The number of benzene rings is 1. The lowest BCUT2D eigenvalue weighted by molar-refractivity contribution is 0.436. The van der Waals surface area contributed by atoms with Gasteiger partial charge in [0.1, 0.15) is 23.2 Å². The molecule has 0 amide bonds. The van der Waals surface area contributed by atoms with Crippen LogP contribution in [-0.2, 0) is 6.42 Å². The molecule has 0 spiro atoms. The number of hydrogen-bond donors (Lipinski definition) is 2. The second-order valence-corrected chi connectivity index (χ2v) is 7.61. The van der Waals surface area contributed by atoms with Crippen LogP contribution in [0.25, 0.3) is 0 Å². The smallest absolute Gasteiger partial charge is 0.139 e. The molecular formula is C21H30N4O. The van der Waals surface area contributed by atoms with E-state index in [9.17, 15) is 5.11 Å². The third-order valence-electron chi connectivity index (χ3n) is 5.13. The van der Waals surface area contributed by atoms with E-state index in [0.717, 1.165) is 42.9 Å². The number of nitrogens with one attached hydrogen (secondary N) is 1. The van der Waals surface area contributed by atoms with Gasteiger partial charge in [0, 0.05) is 25.6 Å². The number of phenolic OH excluding ortho intramolecular Hbond substituents is 1. The number of anilines is 3. The Bertz CT molecular complexity index is 752. The van der Waals surface area contributed by atoms with Crippen LogP contribution < -0.4 is 10.2 Å². The molecule has 0 radical (unpaired) electrons. The number of piperidine rings is 1. The molecule has 1 aromatic heterocycles. The molecule has 0 bridgehead atoms. The van der Waals surface area contributed by atoms with Gasteiger partial charge in [-0.1, -0.05) is 33.8 Å². The molecule has 0 saturated carbocycles. The molecule has 1 aromatic carbocycles. The Morgan fingerprint density at radius 1 is 1.19 bits per heavy atom. The normalized spacial score (nSPS) is 15.5. The second kappa shape index (κ2) is 7.94. The molecule has 26 heavy (non-hydrogen) atoms. The van der Waals surface area contributed by atoms with E-state index in [-0.39, 0.29) is 5.75 Å². The summed E-state index contributed by atoms with van der Waals surface area (Å²) in [6.45, 7) is 10.7. The highest BCUT2D eigenvalue weighted by Crippen LogP contribution is 2.31. The van der Waals surface area contributed by atoms with E-state index >= 15 is 0 Å². The minimum absolute atomic E-state index is 0.236. The maximum atomic E-state index is 10.2. The van der Waals surface area contributed by atoms with Crippen LogP contribution in [0.2, 0.25) is 0 Å². The van der Waals surface area contributed by atoms with Gasteiger partial charge in [-0.15, -0.1) is 0 Å². The van der Waals surface area contributed by atoms with Gasteiger partial charge in [0.25, 0.3) is 0 Å². The predicted molar refractivity (Wildman–Crippen MR) is 107 cm³/mol. The summed E-state index contributed by atoms with van der Waals surface area (Å²) in [5, 5.41) is 13.5. The lowest BCUT2D eigenvalue weighted by Gasteiger charge is -2.31. The van der Waals surface area contributed by atoms with Crippen molar-refractivity contribution in [1.82, 2.24) is 9.97 Å². The number of hydrogen-bond acceptors (Lipinski definition) is 5. The molecule has 2 N–H and O–H groups in total. The standard InChI is InChI=1S/C21H30N4O/c1-5-19-23-20(13-21(24-19)25-10-8-15(4)9-11-25)22-17-12-16(14(2)3)6-7-18(17)26/h6-7,12-15,26H,5,8-11H2,1-4H3,(H,22,23,24). The summed E-state index contributed by atoms with van der Waals surface area (Å²) in [7, 11) is 0. The first-order valence-corrected chi connectivity index (χ1v) is 9.69. The largest absolute Gasteiger partial charge is 0.506 e. The van der Waals surface area contributed by atoms with Crippen LogP contribution in [0.1, 0.15) is 57.8 Å². The van der Waals surface area contributed by atoms with Crippen LogP contribution in [-0.4, -0.2) is 28.2 Å². The van der Waals surface area contributed by atoms with Crippen molar-refractivity contribution < 1.29 is 5.11 Å². The number of aromatic hydroxyl groups is 1. The molecule has 0 atom stereocenters. The fourth-order valence-corrected chi connectivity index (χ4v) is 3.26. The average Bonchev–Trinajstić information content (AvgIpc) is 2.63. The molecule has 1 aliphatic rings. The van der Waals surface area contributed by atoms with Crippen molar-refractivity contribution in [2.75, 3.05) is 23.3 Å². The van der Waals surface area contributed by atoms with E-state index in [1.54, 1.807) is 6.07 Å². The zero-order chi connectivity index (χ0) is 18.7. The quantitative estimate of drug-likeness (QED) is 0.752. The maximum absolute atomic E-state index is 10.2. The summed E-state index contributed by atoms with van der Waals surface area (Å²) in [6, 6.07) is 7.70. The molecule has 2 aromatic rings. The summed E-state index contributed by atoms with van der Waals surface area (Å²) < 4.78 is 0. The molecule has 1 saturated heterocycles. The Balaban J connectivity index is 1.88. The van der Waals surface area contributed by atoms with Crippen LogP contribution in [0.5, 0.6) is 5.75 Å². The summed E-state index contributed by atoms with van der Waals surface area (Å²) in [6.07, 6.45) is 3.18. The fourth-order valence-electron chi connectivity index (χ4n) is 3.26. The van der Waals surface area contributed by atoms with Gasteiger partial charge in [-0.3, -0.25) is 0 Å². The first-order chi connectivity index (χ1) is 12.5. The molecule has 5 heteroatoms. The number of rotatable bonds is 5. The lowest BCUT2D eigenvalue weighted by atomic mass is 9.99. The van der Waals surface area contributed by atoms with E-state index in [1.807, 2.05) is 18.2 Å². The van der Waals surface area contributed by atoms with Crippen molar-refractivity contribution in [2.24, 2.45) is 5.92 Å². The number of aryl methyl sites for hydroxylation is 1. The lowest BCUT2D eigenvalue weighted by Crippen LogP contribution is -2.33. The van der Waals surface area contributed by atoms with Crippen LogP contribution in [0, 0.1) is 5.92 Å². The Morgan fingerprint density at radius 2 is 1.92 bits per heavy atom. The average molecular weight is 354 g/mol. The Morgan fingerprint density at radius 3 is 2.58 bits per heavy atom. The van der Waals surface area contributed by atoms with E-state index < -0.39 is 0 Å². The van der Waals surface area contributed by atoms with E-state index in [1.165, 1.54) is 18.4 Å². The van der Waals surface area contributed by atoms with Gasteiger partial charge in [0.05, 0.1) is 5.69 Å². The molecule has 1 aliphatic heterocycles. The van der Waals surface area contributed by atoms with Gasteiger partial charge in [-0.2, -0.15) is 0 Å². The van der Waals surface area contributed by atoms with Crippen molar-refractivity contribution in [3.63, 3.8) is 0 Å². The van der Waals surface area contributed by atoms with Gasteiger partial charge in [-0.05, 0) is 42.4 Å². The van der Waals surface area contributed by atoms with Gasteiger partial charge in [0.15, 0.2) is 0 Å². The Hall–Kier alpha value is -2.30. The molecule has 5 nitrogen and oxygen atoms in total. The van der Waals surface area contributed by atoms with E-state index in [0.29, 0.717) is 11.6 Å². The molecular weight excluding hydrogens is 324 g/mol. The van der Waals surface area contributed by atoms with Gasteiger partial charge >= 0.3 is 0 Å². The van der Waals surface area contributed by atoms with E-state index in [4.69, 9.17) is 4.98 Å². The zero-order valence-electron chi connectivity index (χ0n) is 16.3. The molecule has 1 fully saturated rings. The van der Waals surface area contributed by atoms with Crippen LogP contribution in [0.15, 0.2) is 24.3 Å². The summed E-state index contributed by atoms with van der Waals surface area (Å²) >= 11 is 0. The number of nitrogens with zero attached hydrogens (tertiary/aromatic N) is 3. The SMILES string of the molecule is CCc1nc(Nc2cc(C(C)C)ccc2O)cc(N2CCC(C)CC2)n1. The van der Waals surface area contributed by atoms with Crippen LogP contribution in [0.3, 0.4) is 0 Å². The Kier molecular flexibility index (Phi) is 5.64. The first-order valence-electron chi connectivity index (χ1n) is 9.69. The third kappa shape index (κ3) is 4.26. The molecule has 0 aliphatic carbocycles. The highest BCUT2D eigenvalue weighted by molar-refractivity contribution is 5.66. The third-order valence-corrected chi connectivity index (χ3v) is 5.13. The number of aromatic nitrogens is 2. The fraction of sp³-hybridized carbons (Fsp3) is 0.524. The molecule has 3 rings (SSSR count). The highest BCUT2D eigenvalue weighted by Gasteiger charge is 2.18. The summed E-state index contributed by atoms with van der Waals surface area (Å²) in [4.78, 5) is 11.7. The topological polar surface area (TPSA) is 61.3 Å². The zero-order valence-corrected chi connectivity index (χ0v) is 16.3. The second-order valence-electron chi connectivity index (χ2n) is 7.61. The Labute approximate surface area is 156 Å². The van der Waals surface area contributed by atoms with Crippen molar-refractivity contribution in [3.8, 4) is 5.75 Å². The molecule has 0 unspecified atom stereocenters. The van der Waals surface area contributed by atoms with Crippen LogP contribution in [0.4, 0.5) is 17.3 Å². The highest BCUT2D eigenvalue weighted by atomic mass is 16.3. The van der Waals surface area contributed by atoms with Gasteiger partial charge in [-0.25, -0.2) is 9.97 Å². The number of phenols is 1. The maximum Gasteiger partial charge on any atom is 0.139 e. The van der Waals surface area contributed by atoms with Gasteiger partial charge < -0.3 is 15.3 Å². The molecule has 2 heterocycles. The van der Waals surface area contributed by atoms with Crippen molar-refractivity contribution in [1.29, 1.82) is 0 Å². The first kappa shape index (κ1) is 18.5. The van der Waals surface area contributed by atoms with Crippen molar-refractivity contribution in [3.05, 3.63) is 35.7 Å². The summed E-state index contributed by atoms with van der Waals surface area (Å²) in [5.41, 5.74) is 1.87. The van der Waals surface area contributed by atoms with E-state index in [2.05, 4.69) is 42.9 Å². The molecule has 140 valence electrons. The monoisotopic (exact) mass is 354 g/mol. The van der Waals surface area contributed by atoms with Crippen molar-refractivity contribution >= 4 is 17.3 Å². The minimum atomic E-state index is 0.236. The van der Waals surface area contributed by atoms with Crippen molar-refractivity contribution in [2.45, 2.75) is 52.9 Å². The minimum Gasteiger partial charge on any atom is -0.506 e.